The lowest BCUT2D eigenvalue weighted by Crippen LogP contribution is -2.52. The number of carbonyl (C=O) groups excluding carboxylic acids is 2. The van der Waals surface area contributed by atoms with Crippen LogP contribution in [-0.4, -0.2) is 44.3 Å². The Kier molecular flexibility index (Phi) is 11.9. The van der Waals surface area contributed by atoms with E-state index in [1.54, 1.807) is 42.5 Å². The maximum absolute atomic E-state index is 14.2. The zero-order valence-electron chi connectivity index (χ0n) is 24.8. The van der Waals surface area contributed by atoms with E-state index in [0.29, 0.717) is 34.3 Å². The number of sulfonamides is 1. The zero-order valence-corrected chi connectivity index (χ0v) is 27.1. The lowest BCUT2D eigenvalue weighted by atomic mass is 10.1. The van der Waals surface area contributed by atoms with Gasteiger partial charge in [0.2, 0.25) is 11.8 Å². The Bertz CT molecular complexity index is 1490. The molecule has 0 aliphatic heterocycles. The maximum atomic E-state index is 14.2. The quantitative estimate of drug-likeness (QED) is 0.209. The molecule has 0 fully saturated rings. The van der Waals surface area contributed by atoms with Gasteiger partial charge in [0.25, 0.3) is 10.0 Å². The van der Waals surface area contributed by atoms with Crippen LogP contribution in [0, 0.1) is 20.8 Å². The third-order valence-corrected chi connectivity index (χ3v) is 9.46. The van der Waals surface area contributed by atoms with Crippen molar-refractivity contribution in [3.63, 3.8) is 0 Å². The molecule has 1 atom stereocenters. The summed E-state index contributed by atoms with van der Waals surface area (Å²) in [5.74, 6) is -0.813. The van der Waals surface area contributed by atoms with Crippen LogP contribution in [0.4, 0.5) is 5.69 Å². The second kappa shape index (κ2) is 14.9. The molecule has 10 heteroatoms. The number of amides is 2. The summed E-state index contributed by atoms with van der Waals surface area (Å²) >= 11 is 12.4. The Morgan fingerprint density at radius 1 is 0.857 bits per heavy atom. The fourth-order valence-corrected chi connectivity index (χ4v) is 6.44. The smallest absolute Gasteiger partial charge is 0.264 e. The van der Waals surface area contributed by atoms with Gasteiger partial charge >= 0.3 is 0 Å². The SMILES string of the molecule is CCCCNC(=O)[C@@H](CC)N(Cc1ccc(Cl)c(Cl)c1)C(=O)CN(c1cc(C)cc(C)c1)S(=O)(=O)c1ccc(C)cc1. The van der Waals surface area contributed by atoms with Gasteiger partial charge in [0.1, 0.15) is 12.6 Å². The van der Waals surface area contributed by atoms with E-state index in [-0.39, 0.29) is 17.3 Å². The highest BCUT2D eigenvalue weighted by atomic mass is 35.5. The second-order valence-corrected chi connectivity index (χ2v) is 13.2. The van der Waals surface area contributed by atoms with Crippen LogP contribution in [0.5, 0.6) is 0 Å². The van der Waals surface area contributed by atoms with E-state index < -0.39 is 28.5 Å². The van der Waals surface area contributed by atoms with E-state index >= 15 is 0 Å². The van der Waals surface area contributed by atoms with Crippen LogP contribution in [0.1, 0.15) is 55.4 Å². The first-order valence-electron chi connectivity index (χ1n) is 14.1. The number of hydrogen-bond acceptors (Lipinski definition) is 4. The van der Waals surface area contributed by atoms with Crippen LogP contribution in [0.15, 0.2) is 65.6 Å². The van der Waals surface area contributed by atoms with E-state index in [4.69, 9.17) is 23.2 Å². The molecule has 0 bridgehead atoms. The van der Waals surface area contributed by atoms with Gasteiger partial charge in [-0.3, -0.25) is 13.9 Å². The number of benzene rings is 3. The molecule has 0 unspecified atom stereocenters. The molecule has 0 aliphatic rings. The molecule has 0 saturated heterocycles. The molecule has 1 N–H and O–H groups in total. The van der Waals surface area contributed by atoms with Gasteiger partial charge in [-0.05, 0) is 86.7 Å². The van der Waals surface area contributed by atoms with E-state index in [1.807, 2.05) is 40.7 Å². The molecule has 0 aromatic heterocycles. The van der Waals surface area contributed by atoms with Crippen molar-refractivity contribution in [3.8, 4) is 0 Å². The molecule has 7 nitrogen and oxygen atoms in total. The zero-order chi connectivity index (χ0) is 31.0. The van der Waals surface area contributed by atoms with Crippen molar-refractivity contribution in [2.24, 2.45) is 0 Å². The number of unbranched alkanes of at least 4 members (excludes halogenated alkanes) is 1. The fraction of sp³-hybridized carbons (Fsp3) is 0.375. The van der Waals surface area contributed by atoms with Crippen LogP contribution in [0.2, 0.25) is 10.0 Å². The Balaban J connectivity index is 2.08. The van der Waals surface area contributed by atoms with Gasteiger partial charge in [-0.2, -0.15) is 0 Å². The van der Waals surface area contributed by atoms with Gasteiger partial charge in [-0.1, -0.05) is 73.3 Å². The number of anilines is 1. The summed E-state index contributed by atoms with van der Waals surface area (Å²) in [6.07, 6.45) is 2.04. The van der Waals surface area contributed by atoms with Gasteiger partial charge in [-0.15, -0.1) is 0 Å². The summed E-state index contributed by atoms with van der Waals surface area (Å²) in [5, 5.41) is 3.61. The van der Waals surface area contributed by atoms with Crippen molar-refractivity contribution in [3.05, 3.63) is 93.0 Å². The number of rotatable bonds is 13. The predicted molar refractivity (Wildman–Crippen MR) is 171 cm³/mol. The minimum atomic E-state index is -4.14. The lowest BCUT2D eigenvalue weighted by Gasteiger charge is -2.33. The highest BCUT2D eigenvalue weighted by Gasteiger charge is 2.33. The first-order valence-corrected chi connectivity index (χ1v) is 16.3. The number of aryl methyl sites for hydroxylation is 3. The molecule has 0 saturated carbocycles. The molecule has 0 aliphatic carbocycles. The Hall–Kier alpha value is -3.07. The molecule has 0 heterocycles. The minimum Gasteiger partial charge on any atom is -0.354 e. The summed E-state index contributed by atoms with van der Waals surface area (Å²) in [5.41, 5.74) is 3.66. The van der Waals surface area contributed by atoms with Crippen LogP contribution in [-0.2, 0) is 26.2 Å². The number of carbonyl (C=O) groups is 2. The predicted octanol–water partition coefficient (Wildman–Crippen LogP) is 6.84. The number of hydrogen-bond donors (Lipinski definition) is 1. The summed E-state index contributed by atoms with van der Waals surface area (Å²) < 4.78 is 29.2. The topological polar surface area (TPSA) is 86.8 Å². The normalized spacial score (nSPS) is 12.1. The molecule has 2 amide bonds. The molecule has 3 aromatic carbocycles. The minimum absolute atomic E-state index is 0.0424. The Labute approximate surface area is 259 Å². The summed E-state index contributed by atoms with van der Waals surface area (Å²) in [7, 11) is -4.14. The molecule has 3 rings (SSSR count). The average Bonchev–Trinajstić information content (AvgIpc) is 2.93. The van der Waals surface area contributed by atoms with Gasteiger partial charge in [-0.25, -0.2) is 8.42 Å². The fourth-order valence-electron chi connectivity index (χ4n) is 4.72. The van der Waals surface area contributed by atoms with E-state index in [9.17, 15) is 18.0 Å². The largest absolute Gasteiger partial charge is 0.354 e. The Morgan fingerprint density at radius 2 is 1.50 bits per heavy atom. The maximum Gasteiger partial charge on any atom is 0.264 e. The van der Waals surface area contributed by atoms with Crippen molar-refractivity contribution in [1.29, 1.82) is 0 Å². The second-order valence-electron chi connectivity index (χ2n) is 10.5. The van der Waals surface area contributed by atoms with E-state index in [0.717, 1.165) is 33.8 Å². The molecule has 0 spiro atoms. The molecule has 3 aromatic rings. The molecule has 226 valence electrons. The first kappa shape index (κ1) is 33.4. The monoisotopic (exact) mass is 631 g/mol. The standard InChI is InChI=1S/C32H39Cl2N3O4S/c1-6-8-15-35-32(39)30(7-2)36(20-25-11-14-28(33)29(34)19-25)31(38)21-37(26-17-23(4)16-24(5)18-26)42(40,41)27-12-9-22(3)10-13-27/h9-14,16-19,30H,6-8,15,20-21H2,1-5H3,(H,35,39)/t30-/m1/s1. The summed E-state index contributed by atoms with van der Waals surface area (Å²) in [6.45, 7) is 9.50. The van der Waals surface area contributed by atoms with Crippen LogP contribution >= 0.6 is 23.2 Å². The molecular formula is C32H39Cl2N3O4S. The lowest BCUT2D eigenvalue weighted by molar-refractivity contribution is -0.140. The van der Waals surface area contributed by atoms with Crippen molar-refractivity contribution in [2.45, 2.75) is 71.4 Å². The summed E-state index contributed by atoms with van der Waals surface area (Å²) in [4.78, 5) is 29.0. The number of nitrogens with zero attached hydrogens (tertiary/aromatic N) is 2. The highest BCUT2D eigenvalue weighted by molar-refractivity contribution is 7.92. The van der Waals surface area contributed by atoms with Crippen LogP contribution in [0.3, 0.4) is 0 Å². The Morgan fingerprint density at radius 3 is 2.07 bits per heavy atom. The van der Waals surface area contributed by atoms with E-state index in [1.165, 1.54) is 17.0 Å². The molecule has 42 heavy (non-hydrogen) atoms. The van der Waals surface area contributed by atoms with Crippen LogP contribution < -0.4 is 9.62 Å². The highest BCUT2D eigenvalue weighted by Crippen LogP contribution is 2.28. The third kappa shape index (κ3) is 8.49. The first-order chi connectivity index (χ1) is 19.9. The molecular weight excluding hydrogens is 593 g/mol. The third-order valence-electron chi connectivity index (χ3n) is 6.93. The van der Waals surface area contributed by atoms with Crippen LogP contribution in [0.25, 0.3) is 0 Å². The van der Waals surface area contributed by atoms with Crippen molar-refractivity contribution in [2.75, 3.05) is 17.4 Å². The van der Waals surface area contributed by atoms with Crippen molar-refractivity contribution < 1.29 is 18.0 Å². The van der Waals surface area contributed by atoms with Crippen molar-refractivity contribution >= 4 is 50.7 Å². The van der Waals surface area contributed by atoms with Gasteiger partial charge in [0.05, 0.1) is 20.6 Å². The number of halogens is 2. The molecule has 0 radical (unpaired) electrons. The number of nitrogens with one attached hydrogen (secondary N) is 1. The summed E-state index contributed by atoms with van der Waals surface area (Å²) in [6, 6.07) is 16.1. The van der Waals surface area contributed by atoms with Crippen molar-refractivity contribution in [1.82, 2.24) is 10.2 Å². The van der Waals surface area contributed by atoms with E-state index in [2.05, 4.69) is 5.32 Å². The van der Waals surface area contributed by atoms with Gasteiger partial charge < -0.3 is 10.2 Å². The van der Waals surface area contributed by atoms with Gasteiger partial charge in [0.15, 0.2) is 0 Å². The average molecular weight is 633 g/mol. The van der Waals surface area contributed by atoms with Gasteiger partial charge in [0, 0.05) is 13.1 Å².